The van der Waals surface area contributed by atoms with E-state index in [2.05, 4.69) is 51.7 Å². The number of carbonyl (C=O) groups is 1. The average Bonchev–Trinajstić information content (AvgIpc) is 2.94. The van der Waals surface area contributed by atoms with Crippen LogP contribution in [0.25, 0.3) is 6.20 Å². The Bertz CT molecular complexity index is 742. The third kappa shape index (κ3) is 4.09. The van der Waals surface area contributed by atoms with Crippen molar-refractivity contribution in [2.24, 2.45) is 0 Å². The van der Waals surface area contributed by atoms with Gasteiger partial charge in [-0.25, -0.2) is 4.98 Å². The molecule has 0 aliphatic carbocycles. The number of hydrogen-bond donors (Lipinski definition) is 3. The number of nitrogens with zero attached hydrogens (tertiary/aromatic N) is 2. The molecule has 6 heteroatoms. The summed E-state index contributed by atoms with van der Waals surface area (Å²) in [5, 5.41) is 9.39. The van der Waals surface area contributed by atoms with Gasteiger partial charge in [0.25, 0.3) is 0 Å². The molecule has 0 saturated carbocycles. The van der Waals surface area contributed by atoms with Gasteiger partial charge in [-0.1, -0.05) is 17.7 Å². The zero-order chi connectivity index (χ0) is 17.6. The highest BCUT2D eigenvalue weighted by Gasteiger charge is 2.23. The van der Waals surface area contributed by atoms with Gasteiger partial charge in [-0.3, -0.25) is 4.79 Å². The molecule has 2 heterocycles. The van der Waals surface area contributed by atoms with Crippen molar-refractivity contribution in [1.29, 1.82) is 0 Å². The van der Waals surface area contributed by atoms with Gasteiger partial charge in [-0.2, -0.15) is 0 Å². The molecule has 0 radical (unpaired) electrons. The van der Waals surface area contributed by atoms with Crippen LogP contribution >= 0.6 is 0 Å². The molecule has 1 saturated heterocycles. The Morgan fingerprint density at radius 2 is 1.92 bits per heavy atom. The van der Waals surface area contributed by atoms with Gasteiger partial charge in [0.15, 0.2) is 5.82 Å². The quantitative estimate of drug-likeness (QED) is 0.708. The molecule has 1 aliphatic rings. The topological polar surface area (TPSA) is 71.0 Å². The van der Waals surface area contributed by atoms with Crippen molar-refractivity contribution in [3.05, 3.63) is 47.5 Å². The van der Waals surface area contributed by atoms with Crippen LogP contribution < -0.4 is 16.0 Å². The zero-order valence-corrected chi connectivity index (χ0v) is 14.7. The molecule has 2 aromatic rings. The Hall–Kier alpha value is -2.60. The minimum absolute atomic E-state index is 0.411. The van der Waals surface area contributed by atoms with Crippen LogP contribution in [0.4, 0.5) is 11.5 Å². The maximum Gasteiger partial charge on any atom is 0.211 e. The Kier molecular flexibility index (Phi) is 5.50. The number of carbonyl (C=O) groups excluding carboxylic acids is 1. The lowest BCUT2D eigenvalue weighted by molar-refractivity contribution is -0.108. The largest absolute Gasteiger partial charge is 0.339 e. The van der Waals surface area contributed by atoms with Gasteiger partial charge in [0.2, 0.25) is 6.41 Å². The highest BCUT2D eigenvalue weighted by molar-refractivity contribution is 5.60. The summed E-state index contributed by atoms with van der Waals surface area (Å²) in [7, 11) is 0. The maximum absolute atomic E-state index is 10.5. The van der Waals surface area contributed by atoms with E-state index in [9.17, 15) is 4.79 Å². The van der Waals surface area contributed by atoms with Gasteiger partial charge >= 0.3 is 0 Å². The van der Waals surface area contributed by atoms with Crippen molar-refractivity contribution in [3.63, 3.8) is 0 Å². The van der Waals surface area contributed by atoms with Crippen molar-refractivity contribution in [2.45, 2.75) is 32.6 Å². The standard InChI is InChI=1S/C19H25N5O/c1-14-3-5-17(6-4-14)22-18-15(2)24(12-11-21-13-25)19(23-18)16-7-9-20-10-8-16/h3-6,11-13,16,20,22H,7-10H2,1-2H3,(H,21,25)/b12-11-. The summed E-state index contributed by atoms with van der Waals surface area (Å²) < 4.78 is 2.07. The van der Waals surface area contributed by atoms with Crippen LogP contribution in [-0.4, -0.2) is 29.1 Å². The van der Waals surface area contributed by atoms with Crippen molar-refractivity contribution >= 4 is 24.1 Å². The number of aromatic nitrogens is 2. The third-order valence-corrected chi connectivity index (χ3v) is 4.58. The van der Waals surface area contributed by atoms with Crippen molar-refractivity contribution in [2.75, 3.05) is 18.4 Å². The molecule has 0 unspecified atom stereocenters. The molecule has 6 nitrogen and oxygen atoms in total. The third-order valence-electron chi connectivity index (χ3n) is 4.58. The molecule has 1 aromatic heterocycles. The van der Waals surface area contributed by atoms with Crippen LogP contribution in [0.3, 0.4) is 0 Å². The van der Waals surface area contributed by atoms with E-state index < -0.39 is 0 Å². The lowest BCUT2D eigenvalue weighted by Crippen LogP contribution is -2.27. The molecule has 1 aliphatic heterocycles. The van der Waals surface area contributed by atoms with Crippen LogP contribution in [0.15, 0.2) is 30.5 Å². The molecule has 0 bridgehead atoms. The minimum atomic E-state index is 0.411. The summed E-state index contributed by atoms with van der Waals surface area (Å²) in [6, 6.07) is 8.27. The molecule has 3 N–H and O–H groups in total. The highest BCUT2D eigenvalue weighted by atomic mass is 16.1. The summed E-state index contributed by atoms with van der Waals surface area (Å²) in [6.45, 7) is 6.13. The SMILES string of the molecule is Cc1ccc(Nc2nc(C3CCNCC3)n(/C=C\NC=O)c2C)cc1. The Morgan fingerprint density at radius 1 is 1.20 bits per heavy atom. The monoisotopic (exact) mass is 339 g/mol. The molecule has 0 atom stereocenters. The van der Waals surface area contributed by atoms with Gasteiger partial charge in [-0.15, -0.1) is 0 Å². The van der Waals surface area contributed by atoms with E-state index in [1.807, 2.05) is 13.1 Å². The molecule has 1 aromatic carbocycles. The number of anilines is 2. The number of rotatable bonds is 6. The second-order valence-corrected chi connectivity index (χ2v) is 6.39. The average molecular weight is 339 g/mol. The lowest BCUT2D eigenvalue weighted by atomic mass is 9.97. The van der Waals surface area contributed by atoms with E-state index in [0.717, 1.165) is 49.0 Å². The first-order valence-electron chi connectivity index (χ1n) is 8.68. The van der Waals surface area contributed by atoms with Gasteiger partial charge in [0.05, 0.1) is 5.69 Å². The predicted octanol–water partition coefficient (Wildman–Crippen LogP) is 2.88. The molecule has 132 valence electrons. The summed E-state index contributed by atoms with van der Waals surface area (Å²) in [4.78, 5) is 15.4. The number of imidazole rings is 1. The van der Waals surface area contributed by atoms with E-state index in [4.69, 9.17) is 4.98 Å². The summed E-state index contributed by atoms with van der Waals surface area (Å²) in [5.41, 5.74) is 3.27. The van der Waals surface area contributed by atoms with Gasteiger partial charge in [0.1, 0.15) is 5.82 Å². The van der Waals surface area contributed by atoms with Gasteiger partial charge < -0.3 is 20.5 Å². The number of aryl methyl sites for hydroxylation is 1. The summed E-state index contributed by atoms with van der Waals surface area (Å²) in [5.74, 6) is 2.31. The number of piperidine rings is 1. The highest BCUT2D eigenvalue weighted by Crippen LogP contribution is 2.30. The fourth-order valence-corrected chi connectivity index (χ4v) is 3.14. The molecular formula is C19H25N5O. The van der Waals surface area contributed by atoms with E-state index in [0.29, 0.717) is 12.3 Å². The molecule has 3 rings (SSSR count). The normalized spacial score (nSPS) is 15.4. The molecule has 25 heavy (non-hydrogen) atoms. The van der Waals surface area contributed by atoms with Crippen molar-refractivity contribution < 1.29 is 4.79 Å². The predicted molar refractivity (Wildman–Crippen MR) is 101 cm³/mol. The van der Waals surface area contributed by atoms with Gasteiger partial charge in [-0.05, 0) is 51.9 Å². The number of benzene rings is 1. The Morgan fingerprint density at radius 3 is 2.60 bits per heavy atom. The maximum atomic E-state index is 10.5. The van der Waals surface area contributed by atoms with Gasteiger partial charge in [0, 0.05) is 24.0 Å². The second-order valence-electron chi connectivity index (χ2n) is 6.39. The lowest BCUT2D eigenvalue weighted by Gasteiger charge is -2.22. The molecule has 0 spiro atoms. The Balaban J connectivity index is 1.92. The smallest absolute Gasteiger partial charge is 0.211 e. The molecule has 1 amide bonds. The zero-order valence-electron chi connectivity index (χ0n) is 14.7. The van der Waals surface area contributed by atoms with Crippen LogP contribution in [-0.2, 0) is 4.79 Å². The summed E-state index contributed by atoms with van der Waals surface area (Å²) in [6.07, 6.45) is 6.31. The van der Waals surface area contributed by atoms with Crippen LogP contribution in [0.1, 0.15) is 35.8 Å². The van der Waals surface area contributed by atoms with Crippen LogP contribution in [0.5, 0.6) is 0 Å². The van der Waals surface area contributed by atoms with E-state index in [-0.39, 0.29) is 0 Å². The van der Waals surface area contributed by atoms with E-state index >= 15 is 0 Å². The van der Waals surface area contributed by atoms with Crippen LogP contribution in [0.2, 0.25) is 0 Å². The van der Waals surface area contributed by atoms with Crippen molar-refractivity contribution in [1.82, 2.24) is 20.2 Å². The summed E-state index contributed by atoms with van der Waals surface area (Å²) >= 11 is 0. The first kappa shape index (κ1) is 17.2. The number of amides is 1. The first-order valence-corrected chi connectivity index (χ1v) is 8.68. The van der Waals surface area contributed by atoms with Crippen LogP contribution in [0, 0.1) is 13.8 Å². The Labute approximate surface area is 148 Å². The number of nitrogens with one attached hydrogen (secondary N) is 3. The fraction of sp³-hybridized carbons (Fsp3) is 0.368. The minimum Gasteiger partial charge on any atom is -0.339 e. The molecule has 1 fully saturated rings. The first-order chi connectivity index (χ1) is 12.2. The van der Waals surface area contributed by atoms with E-state index in [1.54, 1.807) is 6.20 Å². The number of hydrogen-bond acceptors (Lipinski definition) is 4. The second kappa shape index (κ2) is 7.98. The van der Waals surface area contributed by atoms with Crippen molar-refractivity contribution in [3.8, 4) is 0 Å². The molecular weight excluding hydrogens is 314 g/mol. The van der Waals surface area contributed by atoms with E-state index in [1.165, 1.54) is 5.56 Å². The fourth-order valence-electron chi connectivity index (χ4n) is 3.14.